The lowest BCUT2D eigenvalue weighted by atomic mass is 9.78. The van der Waals surface area contributed by atoms with Crippen molar-refractivity contribution in [1.82, 2.24) is 10.2 Å². The van der Waals surface area contributed by atoms with E-state index in [1.165, 1.54) is 0 Å². The van der Waals surface area contributed by atoms with Crippen LogP contribution < -0.4 is 11.1 Å². The lowest BCUT2D eigenvalue weighted by Crippen LogP contribution is -2.48. The van der Waals surface area contributed by atoms with Crippen LogP contribution in [0.4, 0.5) is 0 Å². The summed E-state index contributed by atoms with van der Waals surface area (Å²) in [5, 5.41) is 3.05. The molecule has 1 amide bonds. The monoisotopic (exact) mass is 269 g/mol. The first-order chi connectivity index (χ1) is 8.97. The third-order valence-electron chi connectivity index (χ3n) is 4.74. The Bertz CT molecular complexity index is 283. The Labute approximate surface area is 118 Å². The van der Waals surface area contributed by atoms with E-state index in [0.29, 0.717) is 12.0 Å². The summed E-state index contributed by atoms with van der Waals surface area (Å²) in [5.41, 5.74) is 6.15. The van der Waals surface area contributed by atoms with Crippen molar-refractivity contribution in [3.63, 3.8) is 0 Å². The van der Waals surface area contributed by atoms with Gasteiger partial charge in [-0.05, 0) is 39.2 Å². The van der Waals surface area contributed by atoms with Crippen LogP contribution in [0.1, 0.15) is 46.5 Å². The first-order valence-corrected chi connectivity index (χ1v) is 7.70. The third kappa shape index (κ3) is 4.77. The van der Waals surface area contributed by atoms with Crippen molar-refractivity contribution in [2.45, 2.75) is 58.5 Å². The zero-order chi connectivity index (χ0) is 14.4. The Balaban J connectivity index is 2.31. The predicted molar refractivity (Wildman–Crippen MR) is 79.9 cm³/mol. The topological polar surface area (TPSA) is 58.4 Å². The Morgan fingerprint density at radius 3 is 2.79 bits per heavy atom. The lowest BCUT2D eigenvalue weighted by molar-refractivity contribution is -0.127. The van der Waals surface area contributed by atoms with Gasteiger partial charge in [0.2, 0.25) is 5.91 Å². The number of nitrogens with one attached hydrogen (secondary N) is 1. The molecule has 0 heterocycles. The highest BCUT2D eigenvalue weighted by Gasteiger charge is 2.32. The van der Waals surface area contributed by atoms with Crippen LogP contribution in [-0.4, -0.2) is 43.0 Å². The van der Waals surface area contributed by atoms with Crippen LogP contribution in [0.5, 0.6) is 0 Å². The van der Waals surface area contributed by atoms with Crippen molar-refractivity contribution in [2.75, 3.05) is 20.1 Å². The molecule has 0 aromatic carbocycles. The molecule has 3 N–H and O–H groups in total. The maximum absolute atomic E-state index is 12.2. The number of nitrogens with zero attached hydrogens (tertiary/aromatic N) is 1. The summed E-state index contributed by atoms with van der Waals surface area (Å²) < 4.78 is 0. The van der Waals surface area contributed by atoms with Crippen LogP contribution >= 0.6 is 0 Å². The fourth-order valence-electron chi connectivity index (χ4n) is 2.77. The van der Waals surface area contributed by atoms with Crippen LogP contribution in [0.15, 0.2) is 0 Å². The minimum atomic E-state index is 0.0117. The third-order valence-corrected chi connectivity index (χ3v) is 4.74. The number of amides is 1. The standard InChI is InChI=1S/C15H31N3O/c1-5-12(3)18(4)10-9-17-15(19)13-8-6-7-11(2)14(13)16/h11-14H,5-10,16H2,1-4H3,(H,17,19). The van der Waals surface area contributed by atoms with Gasteiger partial charge in [0.05, 0.1) is 5.92 Å². The van der Waals surface area contributed by atoms with E-state index in [1.807, 2.05) is 0 Å². The Morgan fingerprint density at radius 2 is 2.16 bits per heavy atom. The summed E-state index contributed by atoms with van der Waals surface area (Å²) in [7, 11) is 2.11. The van der Waals surface area contributed by atoms with Crippen molar-refractivity contribution >= 4 is 5.91 Å². The van der Waals surface area contributed by atoms with Gasteiger partial charge in [0.15, 0.2) is 0 Å². The molecule has 19 heavy (non-hydrogen) atoms. The number of rotatable bonds is 6. The number of nitrogens with two attached hydrogens (primary N) is 1. The van der Waals surface area contributed by atoms with E-state index in [1.54, 1.807) is 0 Å². The molecule has 1 aliphatic carbocycles. The van der Waals surface area contributed by atoms with E-state index in [2.05, 4.69) is 38.0 Å². The van der Waals surface area contributed by atoms with Gasteiger partial charge in [-0.15, -0.1) is 0 Å². The summed E-state index contributed by atoms with van der Waals surface area (Å²) in [6.45, 7) is 8.17. The summed E-state index contributed by atoms with van der Waals surface area (Å²) in [4.78, 5) is 14.4. The summed E-state index contributed by atoms with van der Waals surface area (Å²) in [6.07, 6.45) is 4.36. The number of carbonyl (C=O) groups excluding carboxylic acids is 1. The normalized spacial score (nSPS) is 29.3. The molecule has 0 aromatic heterocycles. The minimum absolute atomic E-state index is 0.0117. The quantitative estimate of drug-likeness (QED) is 0.770. The van der Waals surface area contributed by atoms with Crippen LogP contribution in [0.25, 0.3) is 0 Å². The highest BCUT2D eigenvalue weighted by atomic mass is 16.1. The number of hydrogen-bond donors (Lipinski definition) is 2. The molecule has 4 unspecified atom stereocenters. The van der Waals surface area contributed by atoms with Gasteiger partial charge in [-0.3, -0.25) is 4.79 Å². The van der Waals surface area contributed by atoms with E-state index in [4.69, 9.17) is 5.73 Å². The molecule has 112 valence electrons. The molecule has 0 bridgehead atoms. The number of likely N-dealkylation sites (N-methyl/N-ethyl adjacent to an activating group) is 1. The predicted octanol–water partition coefficient (Wildman–Crippen LogP) is 1.60. The first kappa shape index (κ1) is 16.4. The van der Waals surface area contributed by atoms with Gasteiger partial charge in [-0.2, -0.15) is 0 Å². The maximum atomic E-state index is 12.2. The molecular weight excluding hydrogens is 238 g/mol. The highest BCUT2D eigenvalue weighted by Crippen LogP contribution is 2.27. The Hall–Kier alpha value is -0.610. The van der Waals surface area contributed by atoms with Gasteiger partial charge in [-0.25, -0.2) is 0 Å². The molecular formula is C15H31N3O. The van der Waals surface area contributed by atoms with Crippen LogP contribution in [-0.2, 0) is 4.79 Å². The number of hydrogen-bond acceptors (Lipinski definition) is 3. The second-order valence-corrected chi connectivity index (χ2v) is 6.12. The molecule has 0 radical (unpaired) electrons. The minimum Gasteiger partial charge on any atom is -0.355 e. The molecule has 0 saturated heterocycles. The molecule has 1 aliphatic rings. The summed E-state index contributed by atoms with van der Waals surface area (Å²) in [6, 6.07) is 0.593. The van der Waals surface area contributed by atoms with Crippen molar-refractivity contribution in [3.8, 4) is 0 Å². The maximum Gasteiger partial charge on any atom is 0.224 e. The lowest BCUT2D eigenvalue weighted by Gasteiger charge is -2.33. The van der Waals surface area contributed by atoms with Gasteiger partial charge in [-0.1, -0.05) is 20.3 Å². The van der Waals surface area contributed by atoms with Crippen molar-refractivity contribution in [1.29, 1.82) is 0 Å². The molecule has 4 atom stereocenters. The van der Waals surface area contributed by atoms with E-state index in [-0.39, 0.29) is 17.9 Å². The largest absolute Gasteiger partial charge is 0.355 e. The SMILES string of the molecule is CCC(C)N(C)CCNC(=O)C1CCCC(C)C1N. The van der Waals surface area contributed by atoms with Crippen LogP contribution in [0, 0.1) is 11.8 Å². The molecule has 4 heteroatoms. The van der Waals surface area contributed by atoms with Crippen molar-refractivity contribution in [3.05, 3.63) is 0 Å². The van der Waals surface area contributed by atoms with E-state index in [9.17, 15) is 4.79 Å². The second kappa shape index (κ2) is 7.85. The van der Waals surface area contributed by atoms with Crippen molar-refractivity contribution in [2.24, 2.45) is 17.6 Å². The average molecular weight is 269 g/mol. The van der Waals surface area contributed by atoms with Crippen LogP contribution in [0.2, 0.25) is 0 Å². The zero-order valence-electron chi connectivity index (χ0n) is 13.0. The fraction of sp³-hybridized carbons (Fsp3) is 0.933. The molecule has 1 saturated carbocycles. The Morgan fingerprint density at radius 1 is 1.47 bits per heavy atom. The fourth-order valence-corrected chi connectivity index (χ4v) is 2.77. The molecule has 1 fully saturated rings. The summed E-state index contributed by atoms with van der Waals surface area (Å²) >= 11 is 0. The molecule has 0 aromatic rings. The molecule has 0 aliphatic heterocycles. The molecule has 4 nitrogen and oxygen atoms in total. The van der Waals surface area contributed by atoms with Gasteiger partial charge in [0.25, 0.3) is 0 Å². The Kier molecular flexibility index (Phi) is 6.80. The number of carbonyl (C=O) groups is 1. The highest BCUT2D eigenvalue weighted by molar-refractivity contribution is 5.79. The van der Waals surface area contributed by atoms with E-state index < -0.39 is 0 Å². The van der Waals surface area contributed by atoms with E-state index >= 15 is 0 Å². The van der Waals surface area contributed by atoms with Gasteiger partial charge >= 0.3 is 0 Å². The molecule has 1 rings (SSSR count). The first-order valence-electron chi connectivity index (χ1n) is 7.70. The average Bonchev–Trinajstić information content (AvgIpc) is 2.40. The van der Waals surface area contributed by atoms with Gasteiger partial charge in [0.1, 0.15) is 0 Å². The van der Waals surface area contributed by atoms with Gasteiger partial charge < -0.3 is 16.0 Å². The van der Waals surface area contributed by atoms with Gasteiger partial charge in [0, 0.05) is 25.2 Å². The zero-order valence-corrected chi connectivity index (χ0v) is 13.0. The van der Waals surface area contributed by atoms with E-state index in [0.717, 1.165) is 38.8 Å². The smallest absolute Gasteiger partial charge is 0.224 e. The second-order valence-electron chi connectivity index (χ2n) is 6.12. The van der Waals surface area contributed by atoms with Crippen molar-refractivity contribution < 1.29 is 4.79 Å². The molecule has 0 spiro atoms. The summed E-state index contributed by atoms with van der Waals surface area (Å²) in [5.74, 6) is 0.626. The van der Waals surface area contributed by atoms with Crippen LogP contribution in [0.3, 0.4) is 0 Å².